The maximum Gasteiger partial charge on any atom is 0.318 e. The molecule has 128 valence electrons. The molecule has 1 saturated heterocycles. The smallest absolute Gasteiger partial charge is 0.318 e. The van der Waals surface area contributed by atoms with E-state index in [0.29, 0.717) is 12.6 Å². The fourth-order valence-electron chi connectivity index (χ4n) is 3.22. The molecular formula is C17H25NO4S. The molecule has 0 saturated carbocycles. The van der Waals surface area contributed by atoms with Gasteiger partial charge in [0.15, 0.2) is 9.84 Å². The number of sulfone groups is 1. The number of aryl methyl sites for hydroxylation is 1. The van der Waals surface area contributed by atoms with Gasteiger partial charge in [-0.15, -0.1) is 0 Å². The van der Waals surface area contributed by atoms with E-state index in [9.17, 15) is 13.2 Å². The highest BCUT2D eigenvalue weighted by Gasteiger charge is 2.26. The summed E-state index contributed by atoms with van der Waals surface area (Å²) in [6.45, 7) is 1.37. The lowest BCUT2D eigenvalue weighted by molar-refractivity contribution is -0.134. The molecule has 1 aliphatic heterocycles. The second-order valence-electron chi connectivity index (χ2n) is 6.20. The summed E-state index contributed by atoms with van der Waals surface area (Å²) < 4.78 is 23.4. The number of aliphatic carboxylic acids is 1. The zero-order valence-electron chi connectivity index (χ0n) is 13.4. The summed E-state index contributed by atoms with van der Waals surface area (Å²) in [6.07, 6.45) is 5.40. The van der Waals surface area contributed by atoms with Crippen LogP contribution in [0.4, 0.5) is 0 Å². The number of likely N-dealkylation sites (tertiary alicyclic amines) is 1. The number of carboxylic acids is 1. The Hall–Kier alpha value is -1.40. The molecule has 0 aliphatic carbocycles. The molecule has 1 unspecified atom stereocenters. The van der Waals surface area contributed by atoms with E-state index < -0.39 is 21.6 Å². The van der Waals surface area contributed by atoms with Gasteiger partial charge in [-0.1, -0.05) is 30.3 Å². The molecule has 1 aromatic rings. The Bertz CT molecular complexity index is 600. The molecule has 23 heavy (non-hydrogen) atoms. The fourth-order valence-corrected chi connectivity index (χ4v) is 4.25. The Morgan fingerprint density at radius 2 is 2.00 bits per heavy atom. The Morgan fingerprint density at radius 1 is 1.26 bits per heavy atom. The van der Waals surface area contributed by atoms with Gasteiger partial charge in [0.05, 0.1) is 5.75 Å². The van der Waals surface area contributed by atoms with Gasteiger partial charge in [0.25, 0.3) is 0 Å². The summed E-state index contributed by atoms with van der Waals surface area (Å²) in [6, 6.07) is 10.8. The maximum atomic E-state index is 11.7. The van der Waals surface area contributed by atoms with Gasteiger partial charge in [-0.25, -0.2) is 8.42 Å². The third-order valence-corrected chi connectivity index (χ3v) is 5.87. The van der Waals surface area contributed by atoms with Gasteiger partial charge in [-0.3, -0.25) is 9.69 Å². The van der Waals surface area contributed by atoms with E-state index in [1.165, 1.54) is 5.56 Å². The van der Waals surface area contributed by atoms with Crippen LogP contribution in [0.25, 0.3) is 0 Å². The van der Waals surface area contributed by atoms with E-state index in [0.717, 1.165) is 38.6 Å². The highest BCUT2D eigenvalue weighted by Crippen LogP contribution is 2.22. The number of hydrogen-bond donors (Lipinski definition) is 1. The molecule has 1 aromatic carbocycles. The van der Waals surface area contributed by atoms with E-state index >= 15 is 0 Å². The lowest BCUT2D eigenvalue weighted by Gasteiger charge is -2.24. The summed E-state index contributed by atoms with van der Waals surface area (Å²) >= 11 is 0. The van der Waals surface area contributed by atoms with E-state index in [-0.39, 0.29) is 5.75 Å². The third kappa shape index (κ3) is 6.31. The van der Waals surface area contributed by atoms with Crippen LogP contribution in [0.2, 0.25) is 0 Å². The Labute approximate surface area is 138 Å². The first-order valence-corrected chi connectivity index (χ1v) is 9.98. The van der Waals surface area contributed by atoms with Gasteiger partial charge < -0.3 is 5.11 Å². The molecule has 0 amide bonds. The van der Waals surface area contributed by atoms with Crippen molar-refractivity contribution in [1.82, 2.24) is 4.90 Å². The second-order valence-corrected chi connectivity index (χ2v) is 8.38. The monoisotopic (exact) mass is 339 g/mol. The average Bonchev–Trinajstić information content (AvgIpc) is 2.93. The molecule has 5 nitrogen and oxygen atoms in total. The van der Waals surface area contributed by atoms with Crippen LogP contribution in [0.5, 0.6) is 0 Å². The van der Waals surface area contributed by atoms with Gasteiger partial charge in [-0.2, -0.15) is 0 Å². The molecule has 0 radical (unpaired) electrons. The predicted octanol–water partition coefficient (Wildman–Crippen LogP) is 1.97. The van der Waals surface area contributed by atoms with Crippen LogP contribution in [0, 0.1) is 0 Å². The summed E-state index contributed by atoms with van der Waals surface area (Å²) in [4.78, 5) is 12.8. The molecule has 1 aliphatic rings. The molecule has 1 N–H and O–H groups in total. The standard InChI is InChI=1S/C17H25NO4S/c19-17(20)14-23(21,22)13-12-18-11-5-10-16(18)9-4-8-15-6-2-1-3-7-15/h1-3,6-7,16H,4-5,8-14H2,(H,19,20). The van der Waals surface area contributed by atoms with Crippen LogP contribution in [-0.4, -0.2) is 55.0 Å². The van der Waals surface area contributed by atoms with Crippen LogP contribution >= 0.6 is 0 Å². The van der Waals surface area contributed by atoms with Crippen LogP contribution in [0.1, 0.15) is 31.2 Å². The summed E-state index contributed by atoms with van der Waals surface area (Å²) in [5.74, 6) is -2.10. The van der Waals surface area contributed by atoms with Crippen LogP contribution in [0.3, 0.4) is 0 Å². The highest BCUT2D eigenvalue weighted by molar-refractivity contribution is 7.92. The number of nitrogens with zero attached hydrogens (tertiary/aromatic N) is 1. The molecule has 6 heteroatoms. The topological polar surface area (TPSA) is 74.7 Å². The van der Waals surface area contributed by atoms with Crippen molar-refractivity contribution in [2.45, 2.75) is 38.1 Å². The number of hydrogen-bond acceptors (Lipinski definition) is 4. The van der Waals surface area contributed by atoms with Gasteiger partial charge in [0, 0.05) is 12.6 Å². The number of carbonyl (C=O) groups is 1. The van der Waals surface area contributed by atoms with Crippen molar-refractivity contribution in [3.05, 3.63) is 35.9 Å². The van der Waals surface area contributed by atoms with Gasteiger partial charge in [0.2, 0.25) is 0 Å². The maximum absolute atomic E-state index is 11.7. The zero-order valence-corrected chi connectivity index (χ0v) is 14.2. The quantitative estimate of drug-likeness (QED) is 0.744. The first-order chi connectivity index (χ1) is 11.0. The normalized spacial score (nSPS) is 19.0. The van der Waals surface area contributed by atoms with Crippen molar-refractivity contribution in [3.8, 4) is 0 Å². The minimum Gasteiger partial charge on any atom is -0.480 e. The lowest BCUT2D eigenvalue weighted by atomic mass is 10.0. The molecule has 0 spiro atoms. The molecular weight excluding hydrogens is 314 g/mol. The van der Waals surface area contributed by atoms with Gasteiger partial charge in [0.1, 0.15) is 5.75 Å². The fraction of sp³-hybridized carbons (Fsp3) is 0.588. The minimum atomic E-state index is -3.50. The Balaban J connectivity index is 1.75. The average molecular weight is 339 g/mol. The van der Waals surface area contributed by atoms with Crippen molar-refractivity contribution in [2.75, 3.05) is 24.6 Å². The zero-order chi connectivity index (χ0) is 16.7. The van der Waals surface area contributed by atoms with Crippen molar-refractivity contribution >= 4 is 15.8 Å². The van der Waals surface area contributed by atoms with Crippen molar-refractivity contribution in [1.29, 1.82) is 0 Å². The largest absolute Gasteiger partial charge is 0.480 e. The minimum absolute atomic E-state index is 0.0610. The van der Waals surface area contributed by atoms with Crippen LogP contribution in [0.15, 0.2) is 30.3 Å². The Kier molecular flexibility index (Phi) is 6.59. The SMILES string of the molecule is O=C(O)CS(=O)(=O)CCN1CCCC1CCCc1ccccc1. The lowest BCUT2D eigenvalue weighted by Crippen LogP contribution is -2.35. The number of benzene rings is 1. The highest BCUT2D eigenvalue weighted by atomic mass is 32.2. The Morgan fingerprint density at radius 3 is 2.70 bits per heavy atom. The van der Waals surface area contributed by atoms with E-state index in [2.05, 4.69) is 17.0 Å². The number of rotatable bonds is 9. The van der Waals surface area contributed by atoms with E-state index in [1.807, 2.05) is 18.2 Å². The first kappa shape index (κ1) is 17.9. The third-order valence-electron chi connectivity index (χ3n) is 4.38. The summed E-state index contributed by atoms with van der Waals surface area (Å²) in [7, 11) is -3.50. The summed E-state index contributed by atoms with van der Waals surface area (Å²) in [5, 5.41) is 8.62. The first-order valence-electron chi connectivity index (χ1n) is 8.16. The van der Waals surface area contributed by atoms with Gasteiger partial charge >= 0.3 is 5.97 Å². The van der Waals surface area contributed by atoms with Crippen molar-refractivity contribution < 1.29 is 18.3 Å². The molecule has 1 fully saturated rings. The molecule has 1 atom stereocenters. The van der Waals surface area contributed by atoms with Crippen LogP contribution < -0.4 is 0 Å². The van der Waals surface area contributed by atoms with Crippen molar-refractivity contribution in [2.24, 2.45) is 0 Å². The second kappa shape index (κ2) is 8.45. The van der Waals surface area contributed by atoms with E-state index in [1.54, 1.807) is 0 Å². The van der Waals surface area contributed by atoms with E-state index in [4.69, 9.17) is 5.11 Å². The van der Waals surface area contributed by atoms with Crippen LogP contribution in [-0.2, 0) is 21.1 Å². The van der Waals surface area contributed by atoms with Crippen molar-refractivity contribution in [3.63, 3.8) is 0 Å². The van der Waals surface area contributed by atoms with Gasteiger partial charge in [-0.05, 0) is 44.2 Å². The molecule has 0 aromatic heterocycles. The summed E-state index contributed by atoms with van der Waals surface area (Å²) in [5.41, 5.74) is 1.33. The molecule has 2 rings (SSSR count). The predicted molar refractivity (Wildman–Crippen MR) is 90.3 cm³/mol. The number of carboxylic acid groups (broad SMARTS) is 1. The molecule has 1 heterocycles. The molecule has 0 bridgehead atoms.